The van der Waals surface area contributed by atoms with Crippen molar-refractivity contribution in [1.29, 1.82) is 0 Å². The maximum Gasteiger partial charge on any atom is 0.270 e. The minimum atomic E-state index is -0.354. The van der Waals surface area contributed by atoms with Crippen molar-refractivity contribution >= 4 is 32.2 Å². The van der Waals surface area contributed by atoms with Crippen molar-refractivity contribution in [2.45, 2.75) is 6.54 Å². The van der Waals surface area contributed by atoms with Gasteiger partial charge in [-0.25, -0.2) is 4.98 Å². The lowest BCUT2D eigenvalue weighted by Crippen LogP contribution is -2.43. The number of imidazole rings is 1. The molecular formula is C20H19N5O2S. The molecule has 28 heavy (non-hydrogen) atoms. The van der Waals surface area contributed by atoms with Gasteiger partial charge in [0.15, 0.2) is 4.96 Å². The standard InChI is InChI=1S/C20H19N5O2S/c26-25(27)15-5-3-4-14(12-15)19-17(13-23-10-8-21-9-11-23)24-16-6-1-2-7-18(16)28-20(24)22-19/h1-7,12,21H,8-11,13H2. The number of nitro benzene ring substituents is 1. The summed E-state index contributed by atoms with van der Waals surface area (Å²) in [5.74, 6) is 0. The molecule has 4 aromatic rings. The number of aromatic nitrogens is 2. The number of fused-ring (bicyclic) bond motifs is 3. The maximum absolute atomic E-state index is 11.3. The van der Waals surface area contributed by atoms with Crippen LogP contribution >= 0.6 is 11.3 Å². The molecule has 0 aliphatic carbocycles. The van der Waals surface area contributed by atoms with Crippen LogP contribution in [0.5, 0.6) is 0 Å². The van der Waals surface area contributed by atoms with E-state index in [1.807, 2.05) is 18.2 Å². The molecule has 0 spiro atoms. The zero-order valence-corrected chi connectivity index (χ0v) is 16.0. The molecule has 0 atom stereocenters. The third kappa shape index (κ3) is 2.95. The van der Waals surface area contributed by atoms with Gasteiger partial charge in [-0.05, 0) is 12.1 Å². The van der Waals surface area contributed by atoms with Crippen molar-refractivity contribution in [3.8, 4) is 11.3 Å². The third-order valence-electron chi connectivity index (χ3n) is 5.16. The fraction of sp³-hybridized carbons (Fsp3) is 0.250. The lowest BCUT2D eigenvalue weighted by atomic mass is 10.1. The van der Waals surface area contributed by atoms with E-state index in [4.69, 9.17) is 4.98 Å². The predicted molar refractivity (Wildman–Crippen MR) is 111 cm³/mol. The Balaban J connectivity index is 1.70. The molecule has 5 rings (SSSR count). The third-order valence-corrected chi connectivity index (χ3v) is 6.18. The van der Waals surface area contributed by atoms with Gasteiger partial charge in [-0.15, -0.1) is 0 Å². The zero-order chi connectivity index (χ0) is 19.1. The minimum absolute atomic E-state index is 0.0897. The number of hydrogen-bond acceptors (Lipinski definition) is 6. The van der Waals surface area contributed by atoms with Gasteiger partial charge in [-0.1, -0.05) is 35.6 Å². The van der Waals surface area contributed by atoms with Crippen molar-refractivity contribution in [3.63, 3.8) is 0 Å². The predicted octanol–water partition coefficient (Wildman–Crippen LogP) is 3.53. The van der Waals surface area contributed by atoms with Gasteiger partial charge in [-0.3, -0.25) is 19.4 Å². The Kier molecular flexibility index (Phi) is 4.31. The van der Waals surface area contributed by atoms with Crippen molar-refractivity contribution in [1.82, 2.24) is 19.6 Å². The Morgan fingerprint density at radius 1 is 1.14 bits per heavy atom. The number of nitro groups is 1. The number of hydrogen-bond donors (Lipinski definition) is 1. The number of non-ortho nitro benzene ring substituents is 1. The summed E-state index contributed by atoms with van der Waals surface area (Å²) in [6, 6.07) is 15.1. The molecule has 3 heterocycles. The average Bonchev–Trinajstić information content (AvgIpc) is 3.25. The van der Waals surface area contributed by atoms with Crippen LogP contribution in [0.25, 0.3) is 26.4 Å². The molecule has 8 heteroatoms. The highest BCUT2D eigenvalue weighted by Gasteiger charge is 2.22. The number of piperazine rings is 1. The summed E-state index contributed by atoms with van der Waals surface area (Å²) in [4.78, 5) is 19.1. The van der Waals surface area contributed by atoms with Gasteiger partial charge in [0.05, 0.1) is 26.5 Å². The molecule has 0 amide bonds. The first kappa shape index (κ1) is 17.3. The SMILES string of the molecule is O=[N+]([O-])c1cccc(-c2nc3sc4ccccc4n3c2CN2CCNCC2)c1. The van der Waals surface area contributed by atoms with Crippen LogP contribution in [0.3, 0.4) is 0 Å². The van der Waals surface area contributed by atoms with Crippen LogP contribution in [0.4, 0.5) is 5.69 Å². The Hall–Kier alpha value is -2.81. The molecule has 0 radical (unpaired) electrons. The van der Waals surface area contributed by atoms with Crippen molar-refractivity contribution in [3.05, 3.63) is 64.3 Å². The van der Waals surface area contributed by atoms with E-state index in [9.17, 15) is 10.1 Å². The van der Waals surface area contributed by atoms with Gasteiger partial charge in [0.25, 0.3) is 5.69 Å². The number of rotatable bonds is 4. The lowest BCUT2D eigenvalue weighted by molar-refractivity contribution is -0.384. The second-order valence-corrected chi connectivity index (χ2v) is 7.94. The van der Waals surface area contributed by atoms with Crippen LogP contribution in [-0.2, 0) is 6.54 Å². The van der Waals surface area contributed by atoms with E-state index in [1.165, 1.54) is 10.8 Å². The first-order valence-corrected chi connectivity index (χ1v) is 10.1. The van der Waals surface area contributed by atoms with E-state index >= 15 is 0 Å². The second-order valence-electron chi connectivity index (χ2n) is 6.93. The Bertz CT molecular complexity index is 1180. The molecule has 2 aromatic heterocycles. The van der Waals surface area contributed by atoms with Crippen LogP contribution in [0.2, 0.25) is 0 Å². The molecule has 2 aromatic carbocycles. The molecule has 1 aliphatic rings. The van der Waals surface area contributed by atoms with Crippen LogP contribution < -0.4 is 5.32 Å². The molecule has 142 valence electrons. The van der Waals surface area contributed by atoms with Gasteiger partial charge < -0.3 is 5.32 Å². The molecule has 1 N–H and O–H groups in total. The fourth-order valence-corrected chi connectivity index (χ4v) is 4.84. The molecule has 0 bridgehead atoms. The molecule has 0 saturated carbocycles. The highest BCUT2D eigenvalue weighted by molar-refractivity contribution is 7.23. The fourth-order valence-electron chi connectivity index (χ4n) is 3.80. The summed E-state index contributed by atoms with van der Waals surface area (Å²) in [7, 11) is 0. The first-order valence-electron chi connectivity index (χ1n) is 9.27. The summed E-state index contributed by atoms with van der Waals surface area (Å²) in [6.45, 7) is 4.66. The van der Waals surface area contributed by atoms with E-state index in [2.05, 4.69) is 26.8 Å². The molecule has 0 unspecified atom stereocenters. The Morgan fingerprint density at radius 2 is 1.96 bits per heavy atom. The summed E-state index contributed by atoms with van der Waals surface area (Å²) in [5.41, 5.74) is 3.94. The number of nitrogens with one attached hydrogen (secondary N) is 1. The Morgan fingerprint density at radius 3 is 2.79 bits per heavy atom. The molecule has 1 fully saturated rings. The summed E-state index contributed by atoms with van der Waals surface area (Å²) in [5, 5.41) is 14.6. The van der Waals surface area contributed by atoms with Crippen molar-refractivity contribution in [2.24, 2.45) is 0 Å². The van der Waals surface area contributed by atoms with Crippen molar-refractivity contribution in [2.75, 3.05) is 26.2 Å². The maximum atomic E-state index is 11.3. The molecule has 1 aliphatic heterocycles. The van der Waals surface area contributed by atoms with Gasteiger partial charge in [0.2, 0.25) is 0 Å². The first-order chi connectivity index (χ1) is 13.7. The number of nitrogens with zero attached hydrogens (tertiary/aromatic N) is 4. The summed E-state index contributed by atoms with van der Waals surface area (Å²) in [6.07, 6.45) is 0. The highest BCUT2D eigenvalue weighted by Crippen LogP contribution is 2.34. The normalized spacial score (nSPS) is 15.4. The molecular weight excluding hydrogens is 374 g/mol. The van der Waals surface area contributed by atoms with Crippen molar-refractivity contribution < 1.29 is 4.92 Å². The highest BCUT2D eigenvalue weighted by atomic mass is 32.1. The van der Waals surface area contributed by atoms with E-state index in [0.29, 0.717) is 0 Å². The average molecular weight is 393 g/mol. The Labute approximate surface area is 165 Å². The van der Waals surface area contributed by atoms with E-state index in [0.717, 1.165) is 60.2 Å². The lowest BCUT2D eigenvalue weighted by Gasteiger charge is -2.27. The van der Waals surface area contributed by atoms with E-state index in [1.54, 1.807) is 23.5 Å². The molecule has 1 saturated heterocycles. The smallest absolute Gasteiger partial charge is 0.270 e. The van der Waals surface area contributed by atoms with Gasteiger partial charge in [0.1, 0.15) is 0 Å². The number of para-hydroxylation sites is 1. The minimum Gasteiger partial charge on any atom is -0.314 e. The van der Waals surface area contributed by atoms with E-state index in [-0.39, 0.29) is 10.6 Å². The van der Waals surface area contributed by atoms with Crippen LogP contribution in [0.15, 0.2) is 48.5 Å². The second kappa shape index (κ2) is 6.97. The van der Waals surface area contributed by atoms with Gasteiger partial charge in [-0.2, -0.15) is 0 Å². The van der Waals surface area contributed by atoms with Crippen LogP contribution in [0.1, 0.15) is 5.69 Å². The number of benzene rings is 2. The topological polar surface area (TPSA) is 75.7 Å². The zero-order valence-electron chi connectivity index (χ0n) is 15.2. The van der Waals surface area contributed by atoms with Gasteiger partial charge in [0, 0.05) is 50.4 Å². The van der Waals surface area contributed by atoms with Gasteiger partial charge >= 0.3 is 0 Å². The number of thiazole rings is 1. The summed E-state index contributed by atoms with van der Waals surface area (Å²) >= 11 is 1.65. The van der Waals surface area contributed by atoms with Crippen LogP contribution in [0, 0.1) is 10.1 Å². The summed E-state index contributed by atoms with van der Waals surface area (Å²) < 4.78 is 3.41. The quantitative estimate of drug-likeness (QED) is 0.424. The largest absolute Gasteiger partial charge is 0.314 e. The monoisotopic (exact) mass is 393 g/mol. The van der Waals surface area contributed by atoms with E-state index < -0.39 is 0 Å². The van der Waals surface area contributed by atoms with Crippen LogP contribution in [-0.4, -0.2) is 45.4 Å². The molecule has 7 nitrogen and oxygen atoms in total.